The predicted molar refractivity (Wildman–Crippen MR) is 124 cm³/mol. The number of carbonyl (C=O) groups is 1. The summed E-state index contributed by atoms with van der Waals surface area (Å²) < 4.78 is 21.6. The summed E-state index contributed by atoms with van der Waals surface area (Å²) in [6.45, 7) is 7.02. The van der Waals surface area contributed by atoms with Gasteiger partial charge in [-0.3, -0.25) is 4.79 Å². The fourth-order valence-corrected chi connectivity index (χ4v) is 4.28. The second-order valence-electron chi connectivity index (χ2n) is 9.54. The number of aromatic amines is 1. The van der Waals surface area contributed by atoms with Gasteiger partial charge in [0.05, 0.1) is 12.8 Å². The minimum Gasteiger partial charge on any atom is -0.497 e. The maximum absolute atomic E-state index is 15.1. The summed E-state index contributed by atoms with van der Waals surface area (Å²) in [5.41, 5.74) is 0.779. The second kappa shape index (κ2) is 8.84. The molecule has 0 spiro atoms. The Bertz CT molecular complexity index is 1210. The number of carbonyl (C=O) groups excluding carboxylic acids is 1. The SMILES string of the molecule is COc1ccc(-c2ccc(-n3c(CC4CCN(C(=O)C(C)(C)C)C4)n[nH]c3=O)c(F)c2)cc1. The molecule has 1 atom stereocenters. The highest BCUT2D eigenvalue weighted by molar-refractivity contribution is 5.81. The number of likely N-dealkylation sites (tertiary alicyclic amines) is 1. The molecular weight excluding hydrogens is 423 g/mol. The lowest BCUT2D eigenvalue weighted by atomic mass is 9.95. The molecule has 1 amide bonds. The third-order valence-electron chi connectivity index (χ3n) is 6.04. The number of hydrogen-bond acceptors (Lipinski definition) is 4. The molecule has 7 nitrogen and oxygen atoms in total. The van der Waals surface area contributed by atoms with Crippen LogP contribution in [0.25, 0.3) is 16.8 Å². The smallest absolute Gasteiger partial charge is 0.348 e. The van der Waals surface area contributed by atoms with Crippen LogP contribution < -0.4 is 10.4 Å². The Morgan fingerprint density at radius 2 is 1.88 bits per heavy atom. The molecule has 2 heterocycles. The van der Waals surface area contributed by atoms with E-state index in [1.807, 2.05) is 49.9 Å². The lowest BCUT2D eigenvalue weighted by Gasteiger charge is -2.25. The van der Waals surface area contributed by atoms with Crippen molar-refractivity contribution in [2.75, 3.05) is 20.2 Å². The van der Waals surface area contributed by atoms with Crippen LogP contribution >= 0.6 is 0 Å². The number of ether oxygens (including phenoxy) is 1. The number of amides is 1. The maximum Gasteiger partial charge on any atom is 0.348 e. The molecule has 0 aliphatic carbocycles. The first-order valence-electron chi connectivity index (χ1n) is 11.1. The molecular formula is C25H29FN4O3. The van der Waals surface area contributed by atoms with Gasteiger partial charge in [0.1, 0.15) is 17.4 Å². The van der Waals surface area contributed by atoms with Crippen molar-refractivity contribution in [3.8, 4) is 22.6 Å². The summed E-state index contributed by atoms with van der Waals surface area (Å²) in [7, 11) is 1.59. The molecule has 0 radical (unpaired) electrons. The summed E-state index contributed by atoms with van der Waals surface area (Å²) in [6, 6.07) is 12.1. The third-order valence-corrected chi connectivity index (χ3v) is 6.04. The van der Waals surface area contributed by atoms with Gasteiger partial charge in [-0.15, -0.1) is 0 Å². The summed E-state index contributed by atoms with van der Waals surface area (Å²) in [6.07, 6.45) is 1.30. The molecule has 33 heavy (non-hydrogen) atoms. The highest BCUT2D eigenvalue weighted by atomic mass is 19.1. The van der Waals surface area contributed by atoms with Crippen molar-refractivity contribution in [2.45, 2.75) is 33.6 Å². The number of benzene rings is 2. The number of halogens is 1. The van der Waals surface area contributed by atoms with Crippen LogP contribution in [0.3, 0.4) is 0 Å². The van der Waals surface area contributed by atoms with Crippen LogP contribution in [0.5, 0.6) is 5.75 Å². The van der Waals surface area contributed by atoms with Crippen molar-refractivity contribution in [2.24, 2.45) is 11.3 Å². The average molecular weight is 453 g/mol. The Morgan fingerprint density at radius 1 is 1.18 bits per heavy atom. The van der Waals surface area contributed by atoms with Gasteiger partial charge in [-0.25, -0.2) is 18.9 Å². The molecule has 1 aliphatic heterocycles. The van der Waals surface area contributed by atoms with E-state index in [-0.39, 0.29) is 17.5 Å². The Kier molecular flexibility index (Phi) is 6.10. The quantitative estimate of drug-likeness (QED) is 0.638. The Balaban J connectivity index is 1.56. The molecule has 1 N–H and O–H groups in total. The highest BCUT2D eigenvalue weighted by Gasteiger charge is 2.33. The number of nitrogens with zero attached hydrogens (tertiary/aromatic N) is 3. The van der Waals surface area contributed by atoms with E-state index >= 15 is 4.39 Å². The Morgan fingerprint density at radius 3 is 2.52 bits per heavy atom. The molecule has 174 valence electrons. The molecule has 0 bridgehead atoms. The van der Waals surface area contributed by atoms with Gasteiger partial charge in [0.15, 0.2) is 0 Å². The second-order valence-corrected chi connectivity index (χ2v) is 9.54. The zero-order chi connectivity index (χ0) is 23.8. The first-order chi connectivity index (χ1) is 15.7. The van der Waals surface area contributed by atoms with Crippen LogP contribution in [0, 0.1) is 17.2 Å². The molecule has 1 fully saturated rings. The zero-order valence-electron chi connectivity index (χ0n) is 19.4. The van der Waals surface area contributed by atoms with E-state index < -0.39 is 16.9 Å². The van der Waals surface area contributed by atoms with E-state index in [0.29, 0.717) is 30.9 Å². The maximum atomic E-state index is 15.1. The largest absolute Gasteiger partial charge is 0.497 e. The summed E-state index contributed by atoms with van der Waals surface area (Å²) in [5.74, 6) is 0.951. The monoisotopic (exact) mass is 452 g/mol. The van der Waals surface area contributed by atoms with Crippen molar-refractivity contribution in [1.82, 2.24) is 19.7 Å². The van der Waals surface area contributed by atoms with E-state index in [1.165, 1.54) is 10.6 Å². The minimum atomic E-state index is -0.510. The minimum absolute atomic E-state index is 0.115. The van der Waals surface area contributed by atoms with Gasteiger partial charge < -0.3 is 9.64 Å². The number of methoxy groups -OCH3 is 1. The number of aromatic nitrogens is 3. The predicted octanol–water partition coefficient (Wildman–Crippen LogP) is 3.81. The number of rotatable bonds is 5. The van der Waals surface area contributed by atoms with Gasteiger partial charge in [0.2, 0.25) is 5.91 Å². The molecule has 1 aromatic heterocycles. The molecule has 0 saturated carbocycles. The van der Waals surface area contributed by atoms with Crippen LogP contribution in [0.4, 0.5) is 4.39 Å². The number of hydrogen-bond donors (Lipinski definition) is 1. The van der Waals surface area contributed by atoms with E-state index in [9.17, 15) is 9.59 Å². The Labute approximate surface area is 192 Å². The fourth-order valence-electron chi connectivity index (χ4n) is 4.28. The van der Waals surface area contributed by atoms with Crippen molar-refractivity contribution in [3.63, 3.8) is 0 Å². The van der Waals surface area contributed by atoms with Crippen LogP contribution in [-0.2, 0) is 11.2 Å². The molecule has 1 aliphatic rings. The molecule has 3 aromatic rings. The first kappa shape index (κ1) is 22.8. The lowest BCUT2D eigenvalue weighted by molar-refractivity contribution is -0.138. The van der Waals surface area contributed by atoms with Gasteiger partial charge in [-0.2, -0.15) is 5.10 Å². The van der Waals surface area contributed by atoms with Crippen LogP contribution in [0.2, 0.25) is 0 Å². The zero-order valence-corrected chi connectivity index (χ0v) is 19.4. The molecule has 1 unspecified atom stereocenters. The summed E-state index contributed by atoms with van der Waals surface area (Å²) in [5, 5.41) is 6.61. The summed E-state index contributed by atoms with van der Waals surface area (Å²) >= 11 is 0. The van der Waals surface area contributed by atoms with E-state index in [4.69, 9.17) is 4.74 Å². The third kappa shape index (κ3) is 4.69. The molecule has 2 aromatic carbocycles. The molecule has 8 heteroatoms. The highest BCUT2D eigenvalue weighted by Crippen LogP contribution is 2.28. The normalized spacial score (nSPS) is 16.3. The first-order valence-corrected chi connectivity index (χ1v) is 11.1. The van der Waals surface area contributed by atoms with Gasteiger partial charge in [-0.05, 0) is 47.7 Å². The molecule has 1 saturated heterocycles. The topological polar surface area (TPSA) is 80.2 Å². The number of H-pyrrole nitrogens is 1. The van der Waals surface area contributed by atoms with E-state index in [0.717, 1.165) is 17.7 Å². The van der Waals surface area contributed by atoms with Crippen molar-refractivity contribution in [1.29, 1.82) is 0 Å². The summed E-state index contributed by atoms with van der Waals surface area (Å²) in [4.78, 5) is 26.9. The fraction of sp³-hybridized carbons (Fsp3) is 0.400. The van der Waals surface area contributed by atoms with Gasteiger partial charge in [-0.1, -0.05) is 39.0 Å². The van der Waals surface area contributed by atoms with E-state index in [2.05, 4.69) is 10.2 Å². The van der Waals surface area contributed by atoms with Crippen molar-refractivity contribution in [3.05, 3.63) is 64.6 Å². The lowest BCUT2D eigenvalue weighted by Crippen LogP contribution is -2.38. The van der Waals surface area contributed by atoms with Crippen molar-refractivity contribution >= 4 is 5.91 Å². The van der Waals surface area contributed by atoms with Gasteiger partial charge in [0, 0.05) is 24.9 Å². The standard InChI is InChI=1S/C25H29FN4O3/c1-25(2,3)23(31)29-12-11-16(15-29)13-22-27-28-24(32)30(22)21-10-7-18(14-20(21)26)17-5-8-19(33-4)9-6-17/h5-10,14,16H,11-13,15H2,1-4H3,(H,28,32). The van der Waals surface area contributed by atoms with Crippen LogP contribution in [0.15, 0.2) is 47.3 Å². The van der Waals surface area contributed by atoms with Crippen molar-refractivity contribution < 1.29 is 13.9 Å². The number of nitrogens with one attached hydrogen (secondary N) is 1. The average Bonchev–Trinajstić information content (AvgIpc) is 3.39. The van der Waals surface area contributed by atoms with E-state index in [1.54, 1.807) is 19.2 Å². The van der Waals surface area contributed by atoms with Crippen LogP contribution in [-0.4, -0.2) is 45.8 Å². The van der Waals surface area contributed by atoms with Crippen LogP contribution in [0.1, 0.15) is 33.0 Å². The Hall–Kier alpha value is -3.42. The molecule has 4 rings (SSSR count). The van der Waals surface area contributed by atoms with Gasteiger partial charge >= 0.3 is 5.69 Å². The van der Waals surface area contributed by atoms with Gasteiger partial charge in [0.25, 0.3) is 0 Å².